The van der Waals surface area contributed by atoms with E-state index in [2.05, 4.69) is 15.3 Å². The van der Waals surface area contributed by atoms with Gasteiger partial charge in [0.05, 0.1) is 29.5 Å². The molecule has 3 fully saturated rings. The van der Waals surface area contributed by atoms with Gasteiger partial charge in [0.2, 0.25) is 0 Å². The first-order valence-electron chi connectivity index (χ1n) is 8.30. The van der Waals surface area contributed by atoms with Crippen molar-refractivity contribution >= 4 is 17.2 Å². The molecule has 0 bridgehead atoms. The zero-order valence-corrected chi connectivity index (χ0v) is 14.1. The molecule has 0 aromatic carbocycles. The van der Waals surface area contributed by atoms with Gasteiger partial charge >= 0.3 is 0 Å². The standard InChI is InChI=1S/C16H22FN3O2S/c1-11-18-12(10-23-11)7-19-5-6-22-14-9-20(8-13(14)19)15(21)16(17)3-2-4-16/h10,13-14H,2-9H2,1H3/t13-,14+/m1/s1. The summed E-state index contributed by atoms with van der Waals surface area (Å²) in [6.07, 6.45) is 1.56. The first-order chi connectivity index (χ1) is 11.0. The lowest BCUT2D eigenvalue weighted by Crippen LogP contribution is -2.51. The maximum atomic E-state index is 14.4. The normalized spacial score (nSPS) is 30.1. The third-order valence-electron chi connectivity index (χ3n) is 5.26. The molecule has 0 N–H and O–H groups in total. The third kappa shape index (κ3) is 2.79. The minimum atomic E-state index is -1.61. The van der Waals surface area contributed by atoms with E-state index in [0.29, 0.717) is 32.5 Å². The van der Waals surface area contributed by atoms with E-state index in [1.165, 1.54) is 0 Å². The van der Waals surface area contributed by atoms with Crippen LogP contribution < -0.4 is 0 Å². The molecule has 3 heterocycles. The number of morpholine rings is 1. The number of rotatable bonds is 3. The Morgan fingerprint density at radius 3 is 3.00 bits per heavy atom. The number of halogens is 1. The van der Waals surface area contributed by atoms with E-state index >= 15 is 0 Å². The van der Waals surface area contributed by atoms with E-state index in [1.54, 1.807) is 16.2 Å². The number of amides is 1. The number of carbonyl (C=O) groups is 1. The Morgan fingerprint density at radius 1 is 1.52 bits per heavy atom. The smallest absolute Gasteiger partial charge is 0.260 e. The Morgan fingerprint density at radius 2 is 2.35 bits per heavy atom. The van der Waals surface area contributed by atoms with Crippen molar-refractivity contribution in [3.63, 3.8) is 0 Å². The molecule has 1 amide bonds. The van der Waals surface area contributed by atoms with Crippen molar-refractivity contribution in [2.24, 2.45) is 0 Å². The molecule has 4 rings (SSSR count). The van der Waals surface area contributed by atoms with Crippen LogP contribution in [-0.2, 0) is 16.1 Å². The number of alkyl halides is 1. The van der Waals surface area contributed by atoms with Gasteiger partial charge in [-0.1, -0.05) is 0 Å². The van der Waals surface area contributed by atoms with E-state index in [0.717, 1.165) is 30.2 Å². The lowest BCUT2D eigenvalue weighted by Gasteiger charge is -2.36. The Balaban J connectivity index is 1.44. The minimum Gasteiger partial charge on any atom is -0.373 e. The number of carbonyl (C=O) groups excluding carboxylic acids is 1. The second-order valence-electron chi connectivity index (χ2n) is 6.83. The predicted octanol–water partition coefficient (Wildman–Crippen LogP) is 1.76. The van der Waals surface area contributed by atoms with Gasteiger partial charge < -0.3 is 9.64 Å². The fourth-order valence-electron chi connectivity index (χ4n) is 3.79. The number of ether oxygens (including phenoxy) is 1. The van der Waals surface area contributed by atoms with Crippen molar-refractivity contribution in [3.05, 3.63) is 16.1 Å². The minimum absolute atomic E-state index is 0.00360. The number of thiazole rings is 1. The number of aromatic nitrogens is 1. The SMILES string of the molecule is Cc1nc(CN2CCO[C@H]3CN(C(=O)C4(F)CCC4)C[C@H]32)cs1. The van der Waals surface area contributed by atoms with Gasteiger partial charge in [0.1, 0.15) is 0 Å². The molecule has 1 aromatic rings. The average Bonchev–Trinajstić information content (AvgIpc) is 3.11. The molecule has 3 aliphatic rings. The highest BCUT2D eigenvalue weighted by Gasteiger charge is 2.51. The summed E-state index contributed by atoms with van der Waals surface area (Å²) in [5, 5.41) is 3.15. The molecule has 2 aliphatic heterocycles. The summed E-state index contributed by atoms with van der Waals surface area (Å²) in [7, 11) is 0. The van der Waals surface area contributed by atoms with Crippen molar-refractivity contribution in [2.75, 3.05) is 26.2 Å². The lowest BCUT2D eigenvalue weighted by molar-refractivity contribution is -0.149. The molecule has 0 radical (unpaired) electrons. The highest BCUT2D eigenvalue weighted by atomic mass is 32.1. The fourth-order valence-corrected chi connectivity index (χ4v) is 4.40. The van der Waals surface area contributed by atoms with Crippen LogP contribution in [0, 0.1) is 6.92 Å². The van der Waals surface area contributed by atoms with Crippen LogP contribution in [-0.4, -0.2) is 64.7 Å². The van der Waals surface area contributed by atoms with Crippen molar-refractivity contribution in [3.8, 4) is 0 Å². The summed E-state index contributed by atoms with van der Waals surface area (Å²) in [4.78, 5) is 21.0. The van der Waals surface area contributed by atoms with E-state index < -0.39 is 5.67 Å². The summed E-state index contributed by atoms with van der Waals surface area (Å²) < 4.78 is 20.3. The van der Waals surface area contributed by atoms with Gasteiger partial charge in [-0.15, -0.1) is 11.3 Å². The van der Waals surface area contributed by atoms with Gasteiger partial charge in [0, 0.05) is 31.6 Å². The van der Waals surface area contributed by atoms with E-state index in [9.17, 15) is 9.18 Å². The van der Waals surface area contributed by atoms with Gasteiger partial charge in [-0.25, -0.2) is 9.37 Å². The van der Waals surface area contributed by atoms with Gasteiger partial charge in [-0.3, -0.25) is 9.69 Å². The summed E-state index contributed by atoms with van der Waals surface area (Å²) in [6, 6.07) is 0.151. The number of hydrogen-bond acceptors (Lipinski definition) is 5. The second kappa shape index (κ2) is 5.79. The highest BCUT2D eigenvalue weighted by Crippen LogP contribution is 2.39. The zero-order valence-electron chi connectivity index (χ0n) is 13.3. The van der Waals surface area contributed by atoms with E-state index in [4.69, 9.17) is 4.74 Å². The first kappa shape index (κ1) is 15.5. The molecule has 126 valence electrons. The quantitative estimate of drug-likeness (QED) is 0.842. The van der Waals surface area contributed by atoms with Gasteiger partial charge in [-0.2, -0.15) is 0 Å². The third-order valence-corrected chi connectivity index (χ3v) is 6.09. The van der Waals surface area contributed by atoms with Crippen molar-refractivity contribution in [1.82, 2.24) is 14.8 Å². The van der Waals surface area contributed by atoms with E-state index in [-0.39, 0.29) is 18.1 Å². The van der Waals surface area contributed by atoms with Gasteiger partial charge in [-0.05, 0) is 26.2 Å². The molecule has 1 saturated carbocycles. The molecular formula is C16H22FN3O2S. The molecular weight excluding hydrogens is 317 g/mol. The van der Waals surface area contributed by atoms with Crippen LogP contribution in [0.4, 0.5) is 4.39 Å². The number of likely N-dealkylation sites (tertiary alicyclic amines) is 1. The van der Waals surface area contributed by atoms with E-state index in [1.807, 2.05) is 6.92 Å². The average molecular weight is 339 g/mol. The number of fused-ring (bicyclic) bond motifs is 1. The summed E-state index contributed by atoms with van der Waals surface area (Å²) in [5.74, 6) is -0.328. The summed E-state index contributed by atoms with van der Waals surface area (Å²) in [6.45, 7) is 5.36. The molecule has 23 heavy (non-hydrogen) atoms. The largest absolute Gasteiger partial charge is 0.373 e. The number of aryl methyl sites for hydroxylation is 1. The maximum absolute atomic E-state index is 14.4. The Hall–Kier alpha value is -1.05. The van der Waals surface area contributed by atoms with Crippen LogP contribution in [0.5, 0.6) is 0 Å². The van der Waals surface area contributed by atoms with Gasteiger partial charge in [0.15, 0.2) is 5.67 Å². The fraction of sp³-hybridized carbons (Fsp3) is 0.750. The monoisotopic (exact) mass is 339 g/mol. The number of hydrogen-bond donors (Lipinski definition) is 0. The molecule has 5 nitrogen and oxygen atoms in total. The van der Waals surface area contributed by atoms with Crippen molar-refractivity contribution in [1.29, 1.82) is 0 Å². The molecule has 0 unspecified atom stereocenters. The molecule has 2 atom stereocenters. The van der Waals surface area contributed by atoms with Gasteiger partial charge in [0.25, 0.3) is 5.91 Å². The van der Waals surface area contributed by atoms with Crippen LogP contribution >= 0.6 is 11.3 Å². The van der Waals surface area contributed by atoms with Crippen LogP contribution in [0.25, 0.3) is 0 Å². The van der Waals surface area contributed by atoms with Crippen molar-refractivity contribution in [2.45, 2.75) is 50.5 Å². The lowest BCUT2D eigenvalue weighted by atomic mass is 9.81. The molecule has 1 aromatic heterocycles. The number of nitrogens with zero attached hydrogens (tertiary/aromatic N) is 3. The predicted molar refractivity (Wildman–Crippen MR) is 85.1 cm³/mol. The zero-order chi connectivity index (χ0) is 16.0. The molecule has 7 heteroatoms. The van der Waals surface area contributed by atoms with Crippen LogP contribution in [0.2, 0.25) is 0 Å². The van der Waals surface area contributed by atoms with Crippen molar-refractivity contribution < 1.29 is 13.9 Å². The molecule has 1 aliphatic carbocycles. The summed E-state index contributed by atoms with van der Waals surface area (Å²) >= 11 is 1.65. The van der Waals surface area contributed by atoms with Crippen LogP contribution in [0.1, 0.15) is 30.0 Å². The van der Waals surface area contributed by atoms with Crippen LogP contribution in [0.3, 0.4) is 0 Å². The Bertz CT molecular complexity index is 604. The molecule has 0 spiro atoms. The first-order valence-corrected chi connectivity index (χ1v) is 9.18. The topological polar surface area (TPSA) is 45.7 Å². The van der Waals surface area contributed by atoms with Crippen LogP contribution in [0.15, 0.2) is 5.38 Å². The Kier molecular flexibility index (Phi) is 3.90. The summed E-state index contributed by atoms with van der Waals surface area (Å²) in [5.41, 5.74) is -0.538. The molecule has 2 saturated heterocycles. The second-order valence-corrected chi connectivity index (χ2v) is 7.90. The highest BCUT2D eigenvalue weighted by molar-refractivity contribution is 7.09. The Labute approximate surface area is 139 Å². The maximum Gasteiger partial charge on any atom is 0.260 e.